The van der Waals surface area contributed by atoms with Gasteiger partial charge < -0.3 is 9.64 Å². The van der Waals surface area contributed by atoms with Crippen LogP contribution in [-0.4, -0.2) is 30.6 Å². The molecule has 1 rings (SSSR count). The molecule has 0 heterocycles. The predicted molar refractivity (Wildman–Crippen MR) is 78.2 cm³/mol. The van der Waals surface area contributed by atoms with Gasteiger partial charge in [0.1, 0.15) is 0 Å². The maximum atomic E-state index is 12.2. The lowest BCUT2D eigenvalue weighted by molar-refractivity contribution is -0.134. The number of halogens is 1. The van der Waals surface area contributed by atoms with Crippen molar-refractivity contribution in [1.82, 2.24) is 4.90 Å². The van der Waals surface area contributed by atoms with Crippen molar-refractivity contribution in [3.05, 3.63) is 34.9 Å². The van der Waals surface area contributed by atoms with Gasteiger partial charge in [-0.2, -0.15) is 0 Å². The molecule has 0 aliphatic heterocycles. The number of hydrogen-bond acceptors (Lipinski definition) is 2. The second-order valence-corrected chi connectivity index (χ2v) is 5.09. The normalized spacial score (nSPS) is 12.2. The van der Waals surface area contributed by atoms with Crippen LogP contribution in [0.4, 0.5) is 0 Å². The molecule has 4 heteroatoms. The van der Waals surface area contributed by atoms with Crippen LogP contribution in [0.3, 0.4) is 0 Å². The van der Waals surface area contributed by atoms with E-state index in [1.807, 2.05) is 29.2 Å². The van der Waals surface area contributed by atoms with E-state index in [-0.39, 0.29) is 11.9 Å². The number of amides is 1. The van der Waals surface area contributed by atoms with Gasteiger partial charge in [0.15, 0.2) is 0 Å². The summed E-state index contributed by atoms with van der Waals surface area (Å²) in [6.45, 7) is 5.20. The first kappa shape index (κ1) is 16.0. The summed E-state index contributed by atoms with van der Waals surface area (Å²) in [5.41, 5.74) is 1.05. The Hall–Kier alpha value is -1.06. The Morgan fingerprint density at radius 3 is 2.79 bits per heavy atom. The minimum absolute atomic E-state index is 0.121. The fourth-order valence-electron chi connectivity index (χ4n) is 1.88. The van der Waals surface area contributed by atoms with Gasteiger partial charge in [-0.15, -0.1) is 0 Å². The standard InChI is InChI=1S/C15H22ClNO2/c1-4-12(2)17(15(18)8-9-19-3)11-13-6-5-7-14(16)10-13/h5-7,10,12H,4,8-9,11H2,1-3H3/t12-/m1/s1. The topological polar surface area (TPSA) is 29.5 Å². The molecule has 0 spiro atoms. The van der Waals surface area contributed by atoms with E-state index in [0.29, 0.717) is 24.6 Å². The second kappa shape index (κ2) is 8.18. The van der Waals surface area contributed by atoms with Gasteiger partial charge in [-0.1, -0.05) is 30.7 Å². The van der Waals surface area contributed by atoms with Crippen molar-refractivity contribution in [2.75, 3.05) is 13.7 Å². The van der Waals surface area contributed by atoms with Crippen LogP contribution in [0, 0.1) is 0 Å². The third kappa shape index (κ3) is 5.21. The molecular formula is C15H22ClNO2. The van der Waals surface area contributed by atoms with Crippen LogP contribution >= 0.6 is 11.6 Å². The minimum Gasteiger partial charge on any atom is -0.384 e. The van der Waals surface area contributed by atoms with Crippen LogP contribution in [-0.2, 0) is 16.1 Å². The highest BCUT2D eigenvalue weighted by atomic mass is 35.5. The molecule has 0 bridgehead atoms. The van der Waals surface area contributed by atoms with Gasteiger partial charge >= 0.3 is 0 Å². The quantitative estimate of drug-likeness (QED) is 0.766. The summed E-state index contributed by atoms with van der Waals surface area (Å²) in [6, 6.07) is 7.85. The van der Waals surface area contributed by atoms with Gasteiger partial charge in [0.2, 0.25) is 5.91 Å². The van der Waals surface area contributed by atoms with Gasteiger partial charge in [0.25, 0.3) is 0 Å². The van der Waals surface area contributed by atoms with Gasteiger partial charge in [0, 0.05) is 24.7 Å². The SMILES string of the molecule is CC[C@@H](C)N(Cc1cccc(Cl)c1)C(=O)CCOC. The first-order valence-electron chi connectivity index (χ1n) is 6.61. The van der Waals surface area contributed by atoms with Crippen LogP contribution in [0.25, 0.3) is 0 Å². The molecule has 1 aromatic carbocycles. The molecule has 0 aliphatic rings. The zero-order valence-electron chi connectivity index (χ0n) is 11.9. The summed E-state index contributed by atoms with van der Waals surface area (Å²) in [4.78, 5) is 14.1. The van der Waals surface area contributed by atoms with Crippen LogP contribution in [0.2, 0.25) is 5.02 Å². The predicted octanol–water partition coefficient (Wildman–Crippen LogP) is 3.50. The monoisotopic (exact) mass is 283 g/mol. The molecule has 0 saturated carbocycles. The average Bonchev–Trinajstić information content (AvgIpc) is 2.41. The lowest BCUT2D eigenvalue weighted by Crippen LogP contribution is -2.38. The molecule has 3 nitrogen and oxygen atoms in total. The average molecular weight is 284 g/mol. The maximum absolute atomic E-state index is 12.2. The molecular weight excluding hydrogens is 262 g/mol. The Morgan fingerprint density at radius 2 is 2.21 bits per heavy atom. The summed E-state index contributed by atoms with van der Waals surface area (Å²) in [6.07, 6.45) is 1.35. The Bertz CT molecular complexity index is 409. The third-order valence-electron chi connectivity index (χ3n) is 3.21. The van der Waals surface area contributed by atoms with Crippen molar-refractivity contribution < 1.29 is 9.53 Å². The maximum Gasteiger partial charge on any atom is 0.225 e. The van der Waals surface area contributed by atoms with E-state index in [4.69, 9.17) is 16.3 Å². The number of nitrogens with zero attached hydrogens (tertiary/aromatic N) is 1. The van der Waals surface area contributed by atoms with E-state index in [1.54, 1.807) is 7.11 Å². The largest absolute Gasteiger partial charge is 0.384 e. The summed E-state index contributed by atoms with van der Waals surface area (Å²) < 4.78 is 4.98. The molecule has 1 atom stereocenters. The van der Waals surface area contributed by atoms with Crippen LogP contribution in [0.5, 0.6) is 0 Å². The van der Waals surface area contributed by atoms with Crippen LogP contribution < -0.4 is 0 Å². The highest BCUT2D eigenvalue weighted by molar-refractivity contribution is 6.30. The number of carbonyl (C=O) groups is 1. The molecule has 0 unspecified atom stereocenters. The highest BCUT2D eigenvalue weighted by Crippen LogP contribution is 2.16. The van der Waals surface area contributed by atoms with Crippen LogP contribution in [0.1, 0.15) is 32.3 Å². The van der Waals surface area contributed by atoms with E-state index in [2.05, 4.69) is 13.8 Å². The van der Waals surface area contributed by atoms with E-state index in [0.717, 1.165) is 12.0 Å². The molecule has 0 fully saturated rings. The molecule has 19 heavy (non-hydrogen) atoms. The number of methoxy groups -OCH3 is 1. The summed E-state index contributed by atoms with van der Waals surface area (Å²) in [5, 5.41) is 0.700. The molecule has 0 aromatic heterocycles. The van der Waals surface area contributed by atoms with E-state index in [1.165, 1.54) is 0 Å². The van der Waals surface area contributed by atoms with Crippen molar-refractivity contribution >= 4 is 17.5 Å². The fraction of sp³-hybridized carbons (Fsp3) is 0.533. The van der Waals surface area contributed by atoms with E-state index < -0.39 is 0 Å². The summed E-state index contributed by atoms with van der Waals surface area (Å²) in [7, 11) is 1.61. The lowest BCUT2D eigenvalue weighted by atomic mass is 10.1. The second-order valence-electron chi connectivity index (χ2n) is 4.65. The van der Waals surface area contributed by atoms with E-state index >= 15 is 0 Å². The number of ether oxygens (including phenoxy) is 1. The van der Waals surface area contributed by atoms with Gasteiger partial charge in [-0.25, -0.2) is 0 Å². The molecule has 0 radical (unpaired) electrons. The summed E-state index contributed by atoms with van der Waals surface area (Å²) in [5.74, 6) is 0.121. The van der Waals surface area contributed by atoms with Crippen molar-refractivity contribution in [3.63, 3.8) is 0 Å². The molecule has 1 aromatic rings. The van der Waals surface area contributed by atoms with E-state index in [9.17, 15) is 4.79 Å². The van der Waals surface area contributed by atoms with Gasteiger partial charge in [-0.05, 0) is 31.0 Å². The number of benzene rings is 1. The first-order chi connectivity index (χ1) is 9.08. The Morgan fingerprint density at radius 1 is 1.47 bits per heavy atom. The number of hydrogen-bond donors (Lipinski definition) is 0. The first-order valence-corrected chi connectivity index (χ1v) is 6.99. The fourth-order valence-corrected chi connectivity index (χ4v) is 2.09. The number of rotatable bonds is 7. The van der Waals surface area contributed by atoms with Crippen molar-refractivity contribution in [3.8, 4) is 0 Å². The Balaban J connectivity index is 2.77. The van der Waals surface area contributed by atoms with Gasteiger partial charge in [-0.3, -0.25) is 4.79 Å². The molecule has 106 valence electrons. The number of carbonyl (C=O) groups excluding carboxylic acids is 1. The highest BCUT2D eigenvalue weighted by Gasteiger charge is 2.18. The zero-order chi connectivity index (χ0) is 14.3. The molecule has 0 saturated heterocycles. The lowest BCUT2D eigenvalue weighted by Gasteiger charge is -2.29. The van der Waals surface area contributed by atoms with Crippen molar-refractivity contribution in [1.29, 1.82) is 0 Å². The van der Waals surface area contributed by atoms with Crippen molar-refractivity contribution in [2.24, 2.45) is 0 Å². The van der Waals surface area contributed by atoms with Gasteiger partial charge in [0.05, 0.1) is 13.0 Å². The van der Waals surface area contributed by atoms with Crippen LogP contribution in [0.15, 0.2) is 24.3 Å². The van der Waals surface area contributed by atoms with Crippen molar-refractivity contribution in [2.45, 2.75) is 39.3 Å². The molecule has 0 N–H and O–H groups in total. The Labute approximate surface area is 120 Å². The smallest absolute Gasteiger partial charge is 0.225 e. The minimum atomic E-state index is 0.121. The third-order valence-corrected chi connectivity index (χ3v) is 3.44. The molecule has 1 amide bonds. The zero-order valence-corrected chi connectivity index (χ0v) is 12.6. The molecule has 0 aliphatic carbocycles. The summed E-state index contributed by atoms with van der Waals surface area (Å²) >= 11 is 5.98. The Kier molecular flexibility index (Phi) is 6.89.